The van der Waals surface area contributed by atoms with Gasteiger partial charge in [0, 0.05) is 16.1 Å². The Hall–Kier alpha value is -1.20. The molecule has 1 aliphatic carbocycles. The van der Waals surface area contributed by atoms with Crippen molar-refractivity contribution in [2.75, 3.05) is 6.54 Å². The maximum absolute atomic E-state index is 12.1. The van der Waals surface area contributed by atoms with Crippen LogP contribution < -0.4 is 10.6 Å². The average molecular weight is 337 g/mol. The third-order valence-electron chi connectivity index (χ3n) is 4.23. The first kappa shape index (κ1) is 13.8. The Balaban J connectivity index is 1.53. The maximum Gasteiger partial charge on any atom is 0.237 e. The lowest BCUT2D eigenvalue weighted by Gasteiger charge is -2.22. The van der Waals surface area contributed by atoms with Crippen molar-refractivity contribution in [3.63, 3.8) is 0 Å². The summed E-state index contributed by atoms with van der Waals surface area (Å²) in [6, 6.07) is 7.56. The summed E-state index contributed by atoms with van der Waals surface area (Å²) in [4.78, 5) is 24.1. The van der Waals surface area contributed by atoms with E-state index in [4.69, 9.17) is 0 Å². The van der Waals surface area contributed by atoms with Crippen molar-refractivity contribution in [1.82, 2.24) is 10.6 Å². The highest BCUT2D eigenvalue weighted by Gasteiger charge is 2.42. The van der Waals surface area contributed by atoms with Gasteiger partial charge in [0.25, 0.3) is 0 Å². The number of halogens is 1. The lowest BCUT2D eigenvalue weighted by molar-refractivity contribution is -0.123. The van der Waals surface area contributed by atoms with E-state index in [1.807, 2.05) is 12.1 Å². The van der Waals surface area contributed by atoms with E-state index in [2.05, 4.69) is 26.6 Å². The van der Waals surface area contributed by atoms with Crippen molar-refractivity contribution >= 4 is 27.6 Å². The Morgan fingerprint density at radius 2 is 2.00 bits per heavy atom. The van der Waals surface area contributed by atoms with Crippen LogP contribution in [0.15, 0.2) is 28.7 Å². The molecule has 1 saturated heterocycles. The minimum atomic E-state index is -0.105. The molecular formula is C15H17BrN2O2. The second-order valence-corrected chi connectivity index (χ2v) is 6.48. The summed E-state index contributed by atoms with van der Waals surface area (Å²) in [5.41, 5.74) is 0.620. The number of hydrogen-bond acceptors (Lipinski definition) is 3. The summed E-state index contributed by atoms with van der Waals surface area (Å²) in [5, 5.41) is 6.09. The quantitative estimate of drug-likeness (QED) is 0.825. The number of nitrogens with one attached hydrogen (secondary N) is 2. The molecule has 4 nitrogen and oxygen atoms in total. The minimum absolute atomic E-state index is 0.0392. The summed E-state index contributed by atoms with van der Waals surface area (Å²) >= 11 is 3.33. The molecule has 3 atom stereocenters. The predicted molar refractivity (Wildman–Crippen MR) is 79.5 cm³/mol. The first-order valence-corrected chi connectivity index (χ1v) is 7.75. The zero-order valence-corrected chi connectivity index (χ0v) is 12.7. The lowest BCUT2D eigenvalue weighted by Crippen LogP contribution is -2.48. The molecule has 0 aromatic heterocycles. The van der Waals surface area contributed by atoms with Gasteiger partial charge < -0.3 is 10.6 Å². The summed E-state index contributed by atoms with van der Waals surface area (Å²) in [7, 11) is 0. The van der Waals surface area contributed by atoms with E-state index < -0.39 is 0 Å². The van der Waals surface area contributed by atoms with E-state index in [-0.39, 0.29) is 24.3 Å². The molecule has 1 aliphatic heterocycles. The highest BCUT2D eigenvalue weighted by Crippen LogP contribution is 2.35. The molecule has 20 heavy (non-hydrogen) atoms. The molecule has 2 aliphatic rings. The first-order valence-electron chi connectivity index (χ1n) is 6.96. The van der Waals surface area contributed by atoms with Crippen LogP contribution in [0.4, 0.5) is 0 Å². The average Bonchev–Trinajstić information content (AvgIpc) is 3.08. The van der Waals surface area contributed by atoms with Gasteiger partial charge in [0.1, 0.15) is 0 Å². The van der Waals surface area contributed by atoms with Crippen LogP contribution in [0, 0.1) is 5.92 Å². The van der Waals surface area contributed by atoms with Crippen molar-refractivity contribution in [2.24, 2.45) is 5.92 Å². The Morgan fingerprint density at radius 3 is 2.60 bits per heavy atom. The molecule has 0 radical (unpaired) electrons. The van der Waals surface area contributed by atoms with Gasteiger partial charge in [-0.2, -0.15) is 0 Å². The van der Waals surface area contributed by atoms with Crippen molar-refractivity contribution in [3.05, 3.63) is 34.3 Å². The fourth-order valence-corrected chi connectivity index (χ4v) is 3.43. The SMILES string of the molecule is O=C(CNC(=O)C1NC2CCC1C2)c1ccc(Br)cc1. The Labute approximate surface area is 126 Å². The molecule has 1 aromatic carbocycles. The van der Waals surface area contributed by atoms with E-state index in [1.165, 1.54) is 6.42 Å². The number of fused-ring (bicyclic) bond motifs is 2. The monoisotopic (exact) mass is 336 g/mol. The van der Waals surface area contributed by atoms with Gasteiger partial charge in [0.15, 0.2) is 5.78 Å². The van der Waals surface area contributed by atoms with E-state index in [9.17, 15) is 9.59 Å². The van der Waals surface area contributed by atoms with Gasteiger partial charge in [-0.25, -0.2) is 0 Å². The zero-order chi connectivity index (χ0) is 14.1. The minimum Gasteiger partial charge on any atom is -0.347 e. The van der Waals surface area contributed by atoms with Gasteiger partial charge in [-0.15, -0.1) is 0 Å². The van der Waals surface area contributed by atoms with Crippen molar-refractivity contribution in [1.29, 1.82) is 0 Å². The Morgan fingerprint density at radius 1 is 1.25 bits per heavy atom. The molecule has 106 valence electrons. The molecule has 2 fully saturated rings. The summed E-state index contributed by atoms with van der Waals surface area (Å²) in [5.74, 6) is 0.347. The van der Waals surface area contributed by atoms with Crippen LogP contribution in [-0.2, 0) is 4.79 Å². The van der Waals surface area contributed by atoms with Gasteiger partial charge in [-0.05, 0) is 37.3 Å². The third kappa shape index (κ3) is 2.79. The standard InChI is InChI=1S/C15H17BrN2O2/c16-11-4-1-9(2-5-11)13(19)8-17-15(20)14-10-3-6-12(7-10)18-14/h1-2,4-5,10,12,14,18H,3,6-8H2,(H,17,20). The van der Waals surface area contributed by atoms with Gasteiger partial charge in [-0.1, -0.05) is 28.1 Å². The lowest BCUT2D eigenvalue weighted by atomic mass is 9.99. The number of benzene rings is 1. The van der Waals surface area contributed by atoms with E-state index in [0.29, 0.717) is 17.5 Å². The molecule has 1 saturated carbocycles. The Kier molecular flexibility index (Phi) is 3.89. The summed E-state index contributed by atoms with van der Waals surface area (Å²) in [6.07, 6.45) is 3.39. The summed E-state index contributed by atoms with van der Waals surface area (Å²) in [6.45, 7) is 0.0655. The van der Waals surface area contributed by atoms with Crippen molar-refractivity contribution < 1.29 is 9.59 Å². The fourth-order valence-electron chi connectivity index (χ4n) is 3.17. The summed E-state index contributed by atoms with van der Waals surface area (Å²) < 4.78 is 0.935. The number of rotatable bonds is 4. The van der Waals surface area contributed by atoms with Crippen LogP contribution in [0.1, 0.15) is 29.6 Å². The van der Waals surface area contributed by atoms with E-state index >= 15 is 0 Å². The second kappa shape index (κ2) is 5.66. The fraction of sp³-hybridized carbons (Fsp3) is 0.467. The molecule has 3 rings (SSSR count). The molecule has 2 bridgehead atoms. The van der Waals surface area contributed by atoms with Crippen molar-refractivity contribution in [2.45, 2.75) is 31.3 Å². The number of ketones is 1. The van der Waals surface area contributed by atoms with Crippen LogP contribution >= 0.6 is 15.9 Å². The molecule has 5 heteroatoms. The molecule has 1 amide bonds. The molecule has 2 N–H and O–H groups in total. The van der Waals surface area contributed by atoms with Gasteiger partial charge in [0.05, 0.1) is 12.6 Å². The van der Waals surface area contributed by atoms with E-state index in [1.54, 1.807) is 12.1 Å². The number of carbonyl (C=O) groups is 2. The maximum atomic E-state index is 12.1. The topological polar surface area (TPSA) is 58.2 Å². The van der Waals surface area contributed by atoms with Gasteiger partial charge >= 0.3 is 0 Å². The predicted octanol–water partition coefficient (Wildman–Crippen LogP) is 1.89. The highest BCUT2D eigenvalue weighted by molar-refractivity contribution is 9.10. The van der Waals surface area contributed by atoms with Crippen LogP contribution in [0.2, 0.25) is 0 Å². The first-order chi connectivity index (χ1) is 9.63. The molecule has 1 heterocycles. The molecule has 3 unspecified atom stereocenters. The zero-order valence-electron chi connectivity index (χ0n) is 11.1. The number of Topliss-reactive ketones (excluding diaryl/α,β-unsaturated/α-hetero) is 1. The highest BCUT2D eigenvalue weighted by atomic mass is 79.9. The number of carbonyl (C=O) groups excluding carboxylic acids is 2. The third-order valence-corrected chi connectivity index (χ3v) is 4.76. The van der Waals surface area contributed by atoms with Crippen LogP contribution in [0.3, 0.4) is 0 Å². The Bertz CT molecular complexity index is 529. The number of amides is 1. The van der Waals surface area contributed by atoms with Gasteiger partial charge in [0.2, 0.25) is 5.91 Å². The van der Waals surface area contributed by atoms with Crippen molar-refractivity contribution in [3.8, 4) is 0 Å². The number of hydrogen-bond donors (Lipinski definition) is 2. The van der Waals surface area contributed by atoms with E-state index in [0.717, 1.165) is 17.3 Å². The normalized spacial score (nSPS) is 27.6. The molecule has 0 spiro atoms. The second-order valence-electron chi connectivity index (χ2n) is 5.56. The largest absolute Gasteiger partial charge is 0.347 e. The van der Waals surface area contributed by atoms with Crippen LogP contribution in [0.5, 0.6) is 0 Å². The van der Waals surface area contributed by atoms with Crippen LogP contribution in [-0.4, -0.2) is 30.3 Å². The smallest absolute Gasteiger partial charge is 0.237 e. The van der Waals surface area contributed by atoms with Crippen LogP contribution in [0.25, 0.3) is 0 Å². The van der Waals surface area contributed by atoms with Gasteiger partial charge in [-0.3, -0.25) is 9.59 Å². The molecule has 1 aromatic rings. The number of piperidine rings is 1. The molecular weight excluding hydrogens is 320 g/mol.